The van der Waals surface area contributed by atoms with Crippen LogP contribution in [0.15, 0.2) is 78.0 Å². The number of hydrogen-bond donors (Lipinski definition) is 1. The predicted octanol–water partition coefficient (Wildman–Crippen LogP) is 6.35. The molecular weight excluding hydrogens is 537 g/mol. The number of fused-ring (bicyclic) bond motifs is 1. The first kappa shape index (κ1) is 27.0. The lowest BCUT2D eigenvalue weighted by Gasteiger charge is -2.47. The van der Waals surface area contributed by atoms with E-state index < -0.39 is 12.0 Å². The van der Waals surface area contributed by atoms with Gasteiger partial charge >= 0.3 is 0 Å². The number of hydrogen-bond acceptors (Lipinski definition) is 5. The van der Waals surface area contributed by atoms with E-state index >= 15 is 0 Å². The summed E-state index contributed by atoms with van der Waals surface area (Å²) in [5, 5.41) is 6.81. The topological polar surface area (TPSA) is 95.9 Å². The second kappa shape index (κ2) is 11.7. The lowest BCUT2D eigenvalue weighted by atomic mass is 9.77. The highest BCUT2D eigenvalue weighted by atomic mass is 35.5. The molecule has 39 heavy (non-hydrogen) atoms. The number of Topliss-reactive ketones (excluding diaryl/α,β-unsaturated/α-hetero) is 1. The van der Waals surface area contributed by atoms with Crippen LogP contribution >= 0.6 is 23.2 Å². The van der Waals surface area contributed by atoms with Crippen LogP contribution in [-0.4, -0.2) is 41.1 Å². The molecule has 1 saturated carbocycles. The Balaban J connectivity index is 1.56. The zero-order chi connectivity index (χ0) is 27.5. The number of nitroso groups, excluding NO2 is 1. The minimum atomic E-state index is -0.830. The first-order valence-electron chi connectivity index (χ1n) is 12.9. The zero-order valence-corrected chi connectivity index (χ0v) is 22.6. The molecule has 0 spiro atoms. The van der Waals surface area contributed by atoms with Crippen molar-refractivity contribution in [3.05, 3.63) is 110 Å². The van der Waals surface area contributed by atoms with E-state index in [0.717, 1.165) is 0 Å². The van der Waals surface area contributed by atoms with Gasteiger partial charge in [0.1, 0.15) is 0 Å². The summed E-state index contributed by atoms with van der Waals surface area (Å²) in [5.41, 5.74) is 2.09. The largest absolute Gasteiger partial charge is 0.348 e. The fourth-order valence-corrected chi connectivity index (χ4v) is 6.27. The van der Waals surface area contributed by atoms with Crippen molar-refractivity contribution in [2.75, 3.05) is 6.54 Å². The molecule has 0 unspecified atom stereocenters. The number of halogens is 2. The van der Waals surface area contributed by atoms with Gasteiger partial charge < -0.3 is 10.2 Å². The van der Waals surface area contributed by atoms with E-state index in [1.165, 1.54) is 0 Å². The first-order chi connectivity index (χ1) is 18.9. The van der Waals surface area contributed by atoms with Crippen molar-refractivity contribution in [1.82, 2.24) is 10.2 Å². The van der Waals surface area contributed by atoms with Gasteiger partial charge in [0.25, 0.3) is 5.91 Å². The minimum absolute atomic E-state index is 0.188. The molecule has 7 nitrogen and oxygen atoms in total. The van der Waals surface area contributed by atoms with E-state index in [-0.39, 0.29) is 36.2 Å². The summed E-state index contributed by atoms with van der Waals surface area (Å²) >= 11 is 12.9. The molecule has 1 aliphatic carbocycles. The van der Waals surface area contributed by atoms with Crippen LogP contribution in [0.3, 0.4) is 0 Å². The van der Waals surface area contributed by atoms with Gasteiger partial charge in [0.2, 0.25) is 5.91 Å². The molecule has 0 radical (unpaired) electrons. The van der Waals surface area contributed by atoms with E-state index in [1.807, 2.05) is 6.07 Å². The number of ketones is 1. The third-order valence-electron chi connectivity index (χ3n) is 7.67. The van der Waals surface area contributed by atoms with Crippen molar-refractivity contribution >= 4 is 40.8 Å². The highest BCUT2D eigenvalue weighted by molar-refractivity contribution is 6.35. The van der Waals surface area contributed by atoms with Gasteiger partial charge in [-0.15, -0.1) is 0 Å². The zero-order valence-electron chi connectivity index (χ0n) is 21.1. The van der Waals surface area contributed by atoms with Crippen LogP contribution in [0.5, 0.6) is 0 Å². The van der Waals surface area contributed by atoms with Crippen molar-refractivity contribution in [2.24, 2.45) is 5.18 Å². The number of amides is 2. The highest BCUT2D eigenvalue weighted by Gasteiger charge is 2.47. The molecule has 9 heteroatoms. The molecule has 2 atom stereocenters. The van der Waals surface area contributed by atoms with Crippen LogP contribution in [0.1, 0.15) is 69.5 Å². The standard InChI is InChI=1S/C30H27Cl2N3O4/c31-19-10-15-24(25(32)16-19)28-27(29(37)33-17-26(36)18-6-2-1-3-7-18)22-8-4-5-9-23(22)30(38)35(28)21-13-11-20(34-39)12-14-21/h1-10,15-16,20-21,27-28H,11-14,17H2,(H,33,37)/t20?,21?,27-,28+/m1/s1. The summed E-state index contributed by atoms with van der Waals surface area (Å²) in [6.07, 6.45) is 2.27. The summed E-state index contributed by atoms with van der Waals surface area (Å²) < 4.78 is 0. The average Bonchev–Trinajstić information content (AvgIpc) is 2.96. The summed E-state index contributed by atoms with van der Waals surface area (Å²) in [5.74, 6) is -1.64. The summed E-state index contributed by atoms with van der Waals surface area (Å²) in [4.78, 5) is 53.7. The number of nitrogens with one attached hydrogen (secondary N) is 1. The molecule has 2 aliphatic rings. The summed E-state index contributed by atoms with van der Waals surface area (Å²) in [6, 6.07) is 19.6. The number of rotatable bonds is 7. The third kappa shape index (κ3) is 5.47. The van der Waals surface area contributed by atoms with Gasteiger partial charge in [-0.25, -0.2) is 0 Å². The molecule has 2 amide bonds. The van der Waals surface area contributed by atoms with E-state index in [9.17, 15) is 19.3 Å². The van der Waals surface area contributed by atoms with Crippen molar-refractivity contribution in [1.29, 1.82) is 0 Å². The Kier molecular flexibility index (Phi) is 8.10. The molecule has 1 heterocycles. The molecule has 5 rings (SSSR count). The van der Waals surface area contributed by atoms with Crippen molar-refractivity contribution in [2.45, 2.75) is 49.7 Å². The molecule has 3 aromatic carbocycles. The van der Waals surface area contributed by atoms with Crippen LogP contribution in [0.25, 0.3) is 0 Å². The van der Waals surface area contributed by atoms with Crippen molar-refractivity contribution in [3.8, 4) is 0 Å². The first-order valence-corrected chi connectivity index (χ1v) is 13.7. The lowest BCUT2D eigenvalue weighted by Crippen LogP contribution is -2.52. The SMILES string of the molecule is O=NC1CCC(N2C(=O)c3ccccc3[C@@H](C(=O)NCC(=O)c3ccccc3)[C@@H]2c2ccc(Cl)cc2Cl)CC1. The molecular formula is C30H27Cl2N3O4. The van der Waals surface area contributed by atoms with Crippen molar-refractivity contribution in [3.63, 3.8) is 0 Å². The molecule has 0 aromatic heterocycles. The second-order valence-electron chi connectivity index (χ2n) is 9.96. The van der Waals surface area contributed by atoms with Crippen LogP contribution in [0.2, 0.25) is 10.0 Å². The third-order valence-corrected chi connectivity index (χ3v) is 8.23. The Morgan fingerprint density at radius 3 is 2.28 bits per heavy atom. The number of carbonyl (C=O) groups excluding carboxylic acids is 3. The minimum Gasteiger partial charge on any atom is -0.348 e. The monoisotopic (exact) mass is 563 g/mol. The van der Waals surface area contributed by atoms with Gasteiger partial charge in [0.05, 0.1) is 24.5 Å². The van der Waals surface area contributed by atoms with Crippen LogP contribution in [0, 0.1) is 4.91 Å². The van der Waals surface area contributed by atoms with Crippen LogP contribution < -0.4 is 5.32 Å². The van der Waals surface area contributed by atoms with E-state index in [4.69, 9.17) is 23.2 Å². The smallest absolute Gasteiger partial charge is 0.254 e. The summed E-state index contributed by atoms with van der Waals surface area (Å²) in [6.45, 7) is -0.188. The second-order valence-corrected chi connectivity index (χ2v) is 10.8. The van der Waals surface area contributed by atoms with Gasteiger partial charge in [-0.2, -0.15) is 4.91 Å². The Morgan fingerprint density at radius 1 is 0.897 bits per heavy atom. The van der Waals surface area contributed by atoms with E-state index in [2.05, 4.69) is 10.5 Å². The maximum Gasteiger partial charge on any atom is 0.254 e. The molecule has 200 valence electrons. The summed E-state index contributed by atoms with van der Waals surface area (Å²) in [7, 11) is 0. The molecule has 3 aromatic rings. The maximum absolute atomic E-state index is 14.0. The van der Waals surface area contributed by atoms with Crippen LogP contribution in [-0.2, 0) is 4.79 Å². The Labute approximate surface area is 236 Å². The number of nitrogens with zero attached hydrogens (tertiary/aromatic N) is 2. The fourth-order valence-electron chi connectivity index (χ4n) is 5.75. The molecule has 1 N–H and O–H groups in total. The van der Waals surface area contributed by atoms with Gasteiger partial charge in [-0.3, -0.25) is 14.4 Å². The number of benzene rings is 3. The highest BCUT2D eigenvalue weighted by Crippen LogP contribution is 2.47. The average molecular weight is 564 g/mol. The normalized spacial score (nSPS) is 22.6. The van der Waals surface area contributed by atoms with Gasteiger partial charge in [0, 0.05) is 27.2 Å². The fraction of sp³-hybridized carbons (Fsp3) is 0.300. The van der Waals surface area contributed by atoms with Crippen molar-refractivity contribution < 1.29 is 14.4 Å². The maximum atomic E-state index is 14.0. The van der Waals surface area contributed by atoms with E-state index in [0.29, 0.717) is 58.0 Å². The van der Waals surface area contributed by atoms with Gasteiger partial charge in [-0.05, 0) is 55.0 Å². The van der Waals surface area contributed by atoms with E-state index in [1.54, 1.807) is 71.6 Å². The molecule has 1 fully saturated rings. The lowest BCUT2D eigenvalue weighted by molar-refractivity contribution is -0.124. The quantitative estimate of drug-likeness (QED) is 0.267. The Morgan fingerprint density at radius 2 is 1.59 bits per heavy atom. The molecule has 0 saturated heterocycles. The van der Waals surface area contributed by atoms with Gasteiger partial charge in [-0.1, -0.05) is 83.0 Å². The predicted molar refractivity (Wildman–Crippen MR) is 150 cm³/mol. The Bertz CT molecular complexity index is 1410. The Hall–Kier alpha value is -3.55. The number of carbonyl (C=O) groups is 3. The molecule has 0 bridgehead atoms. The van der Waals surface area contributed by atoms with Crippen LogP contribution in [0.4, 0.5) is 0 Å². The molecule has 1 aliphatic heterocycles. The van der Waals surface area contributed by atoms with Gasteiger partial charge in [0.15, 0.2) is 5.78 Å².